The second kappa shape index (κ2) is 3.63. The molecule has 0 bridgehead atoms. The van der Waals surface area contributed by atoms with Crippen LogP contribution in [0.5, 0.6) is 0 Å². The topological polar surface area (TPSA) is 29.5 Å². The lowest BCUT2D eigenvalue weighted by molar-refractivity contribution is -0.262. The Kier molecular flexibility index (Phi) is 2.55. The Morgan fingerprint density at radius 1 is 1.19 bits per heavy atom. The molecule has 0 amide bonds. The summed E-state index contributed by atoms with van der Waals surface area (Å²) in [6, 6.07) is 9.58. The van der Waals surface area contributed by atoms with Gasteiger partial charge in [-0.3, -0.25) is 0 Å². The van der Waals surface area contributed by atoms with E-state index in [9.17, 15) is 5.11 Å². The third-order valence-electron chi connectivity index (χ3n) is 3.29. The summed E-state index contributed by atoms with van der Waals surface area (Å²) in [5, 5.41) is 10.8. The van der Waals surface area contributed by atoms with Crippen molar-refractivity contribution in [2.75, 3.05) is 0 Å². The lowest BCUT2D eigenvalue weighted by atomic mass is 9.75. The fourth-order valence-corrected chi connectivity index (χ4v) is 2.06. The van der Waals surface area contributed by atoms with Crippen LogP contribution in [0.3, 0.4) is 0 Å². The van der Waals surface area contributed by atoms with Gasteiger partial charge in [-0.25, -0.2) is 0 Å². The lowest BCUT2D eigenvalue weighted by Gasteiger charge is -2.45. The molecule has 0 saturated carbocycles. The molecular weight excluding hydrogens is 200 g/mol. The zero-order valence-corrected chi connectivity index (χ0v) is 10.0. The van der Waals surface area contributed by atoms with Gasteiger partial charge in [0.2, 0.25) is 5.79 Å². The molecule has 0 spiro atoms. The van der Waals surface area contributed by atoms with Gasteiger partial charge in [0.25, 0.3) is 0 Å². The fourth-order valence-electron chi connectivity index (χ4n) is 2.06. The summed E-state index contributed by atoms with van der Waals surface area (Å²) in [4.78, 5) is 0. The molecule has 0 unspecified atom stereocenters. The van der Waals surface area contributed by atoms with Crippen LogP contribution >= 0.6 is 0 Å². The monoisotopic (exact) mass is 218 g/mol. The van der Waals surface area contributed by atoms with E-state index in [-0.39, 0.29) is 5.41 Å². The Bertz CT molecular complexity index is 406. The van der Waals surface area contributed by atoms with Crippen LogP contribution in [0.4, 0.5) is 0 Å². The Labute approximate surface area is 96.6 Å². The SMILES string of the molecule is CC1=CCC(C)(C)[C@@](O)(c2ccccc2)O1. The van der Waals surface area contributed by atoms with E-state index in [1.165, 1.54) is 0 Å². The van der Waals surface area contributed by atoms with Crippen LogP contribution in [0.15, 0.2) is 42.2 Å². The Morgan fingerprint density at radius 3 is 2.44 bits per heavy atom. The highest BCUT2D eigenvalue weighted by atomic mass is 16.6. The zero-order valence-electron chi connectivity index (χ0n) is 10.0. The molecule has 0 fully saturated rings. The fraction of sp³-hybridized carbons (Fsp3) is 0.429. The molecule has 0 radical (unpaired) electrons. The minimum absolute atomic E-state index is 0.326. The van der Waals surface area contributed by atoms with Crippen molar-refractivity contribution < 1.29 is 9.84 Å². The van der Waals surface area contributed by atoms with Gasteiger partial charge in [-0.05, 0) is 19.4 Å². The van der Waals surface area contributed by atoms with Crippen molar-refractivity contribution in [2.45, 2.75) is 33.0 Å². The largest absolute Gasteiger partial charge is 0.463 e. The number of hydrogen-bond donors (Lipinski definition) is 1. The van der Waals surface area contributed by atoms with E-state index in [0.29, 0.717) is 0 Å². The molecule has 0 aromatic heterocycles. The van der Waals surface area contributed by atoms with Crippen molar-refractivity contribution in [3.8, 4) is 0 Å². The molecule has 1 atom stereocenters. The first-order valence-corrected chi connectivity index (χ1v) is 5.59. The molecule has 2 heteroatoms. The van der Waals surface area contributed by atoms with Crippen LogP contribution in [-0.2, 0) is 10.5 Å². The summed E-state index contributed by atoms with van der Waals surface area (Å²) in [5.74, 6) is -0.446. The van der Waals surface area contributed by atoms with Gasteiger partial charge in [0.1, 0.15) is 0 Å². The highest BCUT2D eigenvalue weighted by Gasteiger charge is 2.48. The Balaban J connectivity index is 2.48. The van der Waals surface area contributed by atoms with Gasteiger partial charge in [0, 0.05) is 11.0 Å². The number of allylic oxidation sites excluding steroid dienone is 2. The minimum atomic E-state index is -1.23. The van der Waals surface area contributed by atoms with Gasteiger partial charge in [-0.2, -0.15) is 0 Å². The number of hydrogen-bond acceptors (Lipinski definition) is 2. The Morgan fingerprint density at radius 2 is 1.81 bits per heavy atom. The second-order valence-electron chi connectivity index (χ2n) is 5.01. The smallest absolute Gasteiger partial charge is 0.239 e. The van der Waals surface area contributed by atoms with Gasteiger partial charge in [-0.15, -0.1) is 0 Å². The van der Waals surface area contributed by atoms with Crippen molar-refractivity contribution in [1.82, 2.24) is 0 Å². The number of ether oxygens (including phenoxy) is 1. The number of benzene rings is 1. The Hall–Kier alpha value is -1.28. The van der Waals surface area contributed by atoms with E-state index in [1.807, 2.05) is 57.2 Å². The molecule has 1 aliphatic heterocycles. The van der Waals surface area contributed by atoms with Gasteiger partial charge in [0.15, 0.2) is 0 Å². The minimum Gasteiger partial charge on any atom is -0.463 e. The third-order valence-corrected chi connectivity index (χ3v) is 3.29. The van der Waals surface area contributed by atoms with Crippen LogP contribution in [0.2, 0.25) is 0 Å². The maximum absolute atomic E-state index is 10.8. The van der Waals surface area contributed by atoms with Crippen molar-refractivity contribution in [3.63, 3.8) is 0 Å². The van der Waals surface area contributed by atoms with E-state index in [2.05, 4.69) is 0 Å². The predicted molar refractivity (Wildman–Crippen MR) is 63.6 cm³/mol. The molecule has 1 aromatic rings. The van der Waals surface area contributed by atoms with Crippen molar-refractivity contribution in [1.29, 1.82) is 0 Å². The molecule has 0 saturated heterocycles. The summed E-state index contributed by atoms with van der Waals surface area (Å²) in [6.45, 7) is 5.91. The lowest BCUT2D eigenvalue weighted by Crippen LogP contribution is -2.45. The zero-order chi connectivity index (χ0) is 11.8. The average Bonchev–Trinajstić information content (AvgIpc) is 2.26. The van der Waals surface area contributed by atoms with Gasteiger partial charge >= 0.3 is 0 Å². The summed E-state index contributed by atoms with van der Waals surface area (Å²) < 4.78 is 5.69. The number of aliphatic hydroxyl groups is 1. The van der Waals surface area contributed by atoms with Crippen molar-refractivity contribution in [2.24, 2.45) is 5.41 Å². The summed E-state index contributed by atoms with van der Waals surface area (Å²) >= 11 is 0. The van der Waals surface area contributed by atoms with E-state index < -0.39 is 5.79 Å². The average molecular weight is 218 g/mol. The molecule has 16 heavy (non-hydrogen) atoms. The molecule has 0 aliphatic carbocycles. The van der Waals surface area contributed by atoms with Crippen LogP contribution in [0, 0.1) is 5.41 Å². The highest BCUT2D eigenvalue weighted by molar-refractivity contribution is 5.25. The van der Waals surface area contributed by atoms with E-state index >= 15 is 0 Å². The molecule has 1 aliphatic rings. The standard InChI is InChI=1S/C14H18O2/c1-11-9-10-13(2,3)14(15,16-11)12-7-5-4-6-8-12/h4-9,15H,10H2,1-3H3/t14-/m1/s1. The molecule has 86 valence electrons. The van der Waals surface area contributed by atoms with Gasteiger partial charge < -0.3 is 9.84 Å². The summed E-state index contributed by atoms with van der Waals surface area (Å²) in [5.41, 5.74) is 0.487. The molecule has 2 rings (SSSR count). The third kappa shape index (κ3) is 1.63. The maximum Gasteiger partial charge on any atom is 0.239 e. The van der Waals surface area contributed by atoms with E-state index in [1.54, 1.807) is 0 Å². The molecular formula is C14H18O2. The van der Waals surface area contributed by atoms with Gasteiger partial charge in [-0.1, -0.05) is 44.2 Å². The molecule has 1 heterocycles. The first-order valence-electron chi connectivity index (χ1n) is 5.59. The predicted octanol–water partition coefficient (Wildman–Crippen LogP) is 3.18. The van der Waals surface area contributed by atoms with Gasteiger partial charge in [0.05, 0.1) is 5.76 Å². The van der Waals surface area contributed by atoms with Crippen LogP contribution in [0.1, 0.15) is 32.8 Å². The van der Waals surface area contributed by atoms with Crippen LogP contribution in [0.25, 0.3) is 0 Å². The second-order valence-corrected chi connectivity index (χ2v) is 5.01. The molecule has 2 nitrogen and oxygen atoms in total. The molecule has 1 aromatic carbocycles. The summed E-state index contributed by atoms with van der Waals surface area (Å²) in [6.07, 6.45) is 2.83. The number of rotatable bonds is 1. The summed E-state index contributed by atoms with van der Waals surface area (Å²) in [7, 11) is 0. The first-order chi connectivity index (χ1) is 7.46. The van der Waals surface area contributed by atoms with Crippen LogP contribution in [-0.4, -0.2) is 5.11 Å². The van der Waals surface area contributed by atoms with Crippen molar-refractivity contribution in [3.05, 3.63) is 47.7 Å². The van der Waals surface area contributed by atoms with E-state index in [0.717, 1.165) is 17.7 Å². The molecule has 1 N–H and O–H groups in total. The highest BCUT2D eigenvalue weighted by Crippen LogP contribution is 2.47. The maximum atomic E-state index is 10.8. The first kappa shape index (κ1) is 11.2. The van der Waals surface area contributed by atoms with E-state index in [4.69, 9.17) is 4.74 Å². The normalized spacial score (nSPS) is 28.1. The van der Waals surface area contributed by atoms with Crippen LogP contribution < -0.4 is 0 Å². The van der Waals surface area contributed by atoms with Crippen molar-refractivity contribution >= 4 is 0 Å². The quantitative estimate of drug-likeness (QED) is 0.784.